The Bertz CT molecular complexity index is 1330. The number of barbiturate groups is 1. The molecule has 4 amide bonds. The van der Waals surface area contributed by atoms with Gasteiger partial charge in [-0.1, -0.05) is 18.3 Å². The van der Waals surface area contributed by atoms with E-state index in [1.165, 1.54) is 24.3 Å². The number of hydrogen-bond donors (Lipinski definition) is 3. The molecule has 3 aromatic rings. The summed E-state index contributed by atoms with van der Waals surface area (Å²) >= 11 is 1.16. The van der Waals surface area contributed by atoms with Crippen LogP contribution in [0.2, 0.25) is 0 Å². The van der Waals surface area contributed by atoms with Crippen LogP contribution in [-0.2, 0) is 26.0 Å². The lowest BCUT2D eigenvalue weighted by Gasteiger charge is -2.13. The number of sulfonamides is 1. The van der Waals surface area contributed by atoms with Gasteiger partial charge >= 0.3 is 6.03 Å². The Morgan fingerprint density at radius 1 is 1.03 bits per heavy atom. The zero-order valence-corrected chi connectivity index (χ0v) is 18.0. The fraction of sp³-hybridized carbons (Fsp3) is 0.105. The highest BCUT2D eigenvalue weighted by Crippen LogP contribution is 2.26. The molecule has 1 saturated heterocycles. The first-order chi connectivity index (χ1) is 15.2. The molecule has 11 nitrogen and oxygen atoms in total. The lowest BCUT2D eigenvalue weighted by Crippen LogP contribution is -2.51. The van der Waals surface area contributed by atoms with Crippen LogP contribution in [0, 0.1) is 0 Å². The highest BCUT2D eigenvalue weighted by molar-refractivity contribution is 7.93. The molecule has 1 fully saturated rings. The van der Waals surface area contributed by atoms with E-state index in [0.717, 1.165) is 16.3 Å². The minimum atomic E-state index is -3.84. The van der Waals surface area contributed by atoms with Crippen LogP contribution < -0.4 is 15.4 Å². The first kappa shape index (κ1) is 21.4. The monoisotopic (exact) mass is 473 g/mol. The van der Waals surface area contributed by atoms with Gasteiger partial charge in [0.05, 0.1) is 4.90 Å². The van der Waals surface area contributed by atoms with Crippen LogP contribution in [0.4, 0.5) is 9.93 Å². The van der Waals surface area contributed by atoms with E-state index in [2.05, 4.69) is 14.9 Å². The smallest absolute Gasteiger partial charge is 0.328 e. The molecule has 0 aliphatic carbocycles. The minimum absolute atomic E-state index is 0.0311. The molecular weight excluding hydrogens is 458 g/mol. The summed E-state index contributed by atoms with van der Waals surface area (Å²) < 4.78 is 33.1. The number of anilines is 1. The third-order valence-electron chi connectivity index (χ3n) is 4.30. The van der Waals surface area contributed by atoms with Crippen LogP contribution in [-0.4, -0.2) is 36.5 Å². The number of aryl methyl sites for hydroxylation is 1. The van der Waals surface area contributed by atoms with E-state index in [1.54, 1.807) is 18.2 Å². The van der Waals surface area contributed by atoms with Crippen LogP contribution in [0.3, 0.4) is 0 Å². The number of carbonyl (C=O) groups excluding carboxylic acids is 3. The lowest BCUT2D eigenvalue weighted by molar-refractivity contribution is -0.123. The first-order valence-electron chi connectivity index (χ1n) is 9.19. The molecule has 164 valence electrons. The van der Waals surface area contributed by atoms with E-state index in [9.17, 15) is 22.8 Å². The van der Waals surface area contributed by atoms with E-state index >= 15 is 0 Å². The van der Waals surface area contributed by atoms with Gasteiger partial charge in [-0.3, -0.25) is 24.9 Å². The Balaban J connectivity index is 1.52. The third kappa shape index (κ3) is 4.43. The number of imide groups is 2. The molecule has 0 saturated carbocycles. The van der Waals surface area contributed by atoms with Crippen molar-refractivity contribution in [2.75, 3.05) is 4.72 Å². The Morgan fingerprint density at radius 3 is 2.34 bits per heavy atom. The number of nitrogens with one attached hydrogen (secondary N) is 3. The quantitative estimate of drug-likeness (QED) is 0.361. The van der Waals surface area contributed by atoms with E-state index < -0.39 is 27.9 Å². The van der Waals surface area contributed by atoms with Crippen molar-refractivity contribution in [2.45, 2.75) is 18.2 Å². The van der Waals surface area contributed by atoms with Crippen molar-refractivity contribution in [1.29, 1.82) is 0 Å². The number of carbonyl (C=O) groups is 3. The molecule has 13 heteroatoms. The van der Waals surface area contributed by atoms with Crippen molar-refractivity contribution in [3.63, 3.8) is 0 Å². The second-order valence-electron chi connectivity index (χ2n) is 6.48. The Morgan fingerprint density at radius 2 is 1.72 bits per heavy atom. The summed E-state index contributed by atoms with van der Waals surface area (Å²) in [5.41, 5.74) is 0.298. The molecule has 0 atom stereocenters. The molecule has 1 aliphatic heterocycles. The van der Waals surface area contributed by atoms with Crippen molar-refractivity contribution in [3.05, 3.63) is 52.7 Å². The fourth-order valence-electron chi connectivity index (χ4n) is 2.74. The van der Waals surface area contributed by atoms with Crippen molar-refractivity contribution in [2.24, 2.45) is 0 Å². The van der Waals surface area contributed by atoms with Crippen LogP contribution in [0.15, 0.2) is 51.3 Å². The molecule has 0 spiro atoms. The van der Waals surface area contributed by atoms with Gasteiger partial charge in [0.25, 0.3) is 21.8 Å². The number of aromatic nitrogens is 2. The van der Waals surface area contributed by atoms with Gasteiger partial charge < -0.3 is 4.42 Å². The highest BCUT2D eigenvalue weighted by atomic mass is 32.2. The number of hydrogen-bond acceptors (Lipinski definition) is 9. The number of furan rings is 1. The van der Waals surface area contributed by atoms with Crippen molar-refractivity contribution in [3.8, 4) is 11.3 Å². The molecule has 3 heterocycles. The summed E-state index contributed by atoms with van der Waals surface area (Å²) in [4.78, 5) is 34.8. The standard InChI is InChI=1S/C19H15N5O6S2/c1-2-15-22-23-19(31-15)24-32(28,29)12-6-3-10(4-7-12)14-8-5-11(30-14)9-13-16(25)20-18(27)21-17(13)26/h3-9H,2H2,1H3,(H,23,24)(H2,20,21,25,26,27). The molecule has 2 aromatic heterocycles. The van der Waals surface area contributed by atoms with Crippen molar-refractivity contribution >= 4 is 50.4 Å². The number of nitrogens with zero attached hydrogens (tertiary/aromatic N) is 2. The zero-order valence-electron chi connectivity index (χ0n) is 16.4. The topological polar surface area (TPSA) is 160 Å². The third-order valence-corrected chi connectivity index (χ3v) is 6.76. The number of benzene rings is 1. The lowest BCUT2D eigenvalue weighted by atomic mass is 10.1. The normalized spacial score (nSPS) is 14.2. The molecule has 0 unspecified atom stereocenters. The molecule has 0 bridgehead atoms. The number of urea groups is 1. The molecular formula is C19H15N5O6S2. The summed E-state index contributed by atoms with van der Waals surface area (Å²) in [5.74, 6) is -1.07. The second-order valence-corrected chi connectivity index (χ2v) is 9.23. The van der Waals surface area contributed by atoms with Gasteiger partial charge in [0.2, 0.25) is 5.13 Å². The maximum Gasteiger partial charge on any atom is 0.328 e. The number of amides is 4. The number of rotatable bonds is 6. The second kappa shape index (κ2) is 8.36. The SMILES string of the molecule is CCc1nnc(NS(=O)(=O)c2ccc(-c3ccc(C=C4C(=O)NC(=O)NC4=O)o3)cc2)s1. The zero-order chi connectivity index (χ0) is 22.9. The van der Waals surface area contributed by atoms with Gasteiger partial charge in [-0.2, -0.15) is 0 Å². The average Bonchev–Trinajstić information content (AvgIpc) is 3.40. The van der Waals surface area contributed by atoms with Crippen molar-refractivity contribution in [1.82, 2.24) is 20.8 Å². The maximum atomic E-state index is 12.6. The molecule has 0 radical (unpaired) electrons. The van der Waals surface area contributed by atoms with Gasteiger partial charge in [0, 0.05) is 5.56 Å². The highest BCUT2D eigenvalue weighted by Gasteiger charge is 2.28. The van der Waals surface area contributed by atoms with Crippen LogP contribution in [0.25, 0.3) is 17.4 Å². The van der Waals surface area contributed by atoms with Gasteiger partial charge in [0.1, 0.15) is 22.1 Å². The average molecular weight is 473 g/mol. The summed E-state index contributed by atoms with van der Waals surface area (Å²) in [7, 11) is -3.84. The Labute approximate surface area is 185 Å². The largest absolute Gasteiger partial charge is 0.457 e. The van der Waals surface area contributed by atoms with Crippen LogP contribution >= 0.6 is 11.3 Å². The summed E-state index contributed by atoms with van der Waals surface area (Å²) in [6.07, 6.45) is 1.86. The summed E-state index contributed by atoms with van der Waals surface area (Å²) in [6, 6.07) is 8.18. The molecule has 4 rings (SSSR count). The van der Waals surface area contributed by atoms with E-state index in [4.69, 9.17) is 4.42 Å². The van der Waals surface area contributed by atoms with E-state index in [1.807, 2.05) is 17.6 Å². The van der Waals surface area contributed by atoms with Crippen LogP contribution in [0.5, 0.6) is 0 Å². The summed E-state index contributed by atoms with van der Waals surface area (Å²) in [5, 5.41) is 12.5. The molecule has 1 aromatic carbocycles. The first-order valence-corrected chi connectivity index (χ1v) is 11.5. The predicted octanol–water partition coefficient (Wildman–Crippen LogP) is 1.91. The van der Waals surface area contributed by atoms with E-state index in [-0.39, 0.29) is 21.4 Å². The maximum absolute atomic E-state index is 12.6. The van der Waals surface area contributed by atoms with Gasteiger partial charge in [-0.25, -0.2) is 13.2 Å². The molecule has 1 aliphatic rings. The Kier molecular flexibility index (Phi) is 5.59. The van der Waals surface area contributed by atoms with Crippen LogP contribution in [0.1, 0.15) is 17.7 Å². The predicted molar refractivity (Wildman–Crippen MR) is 114 cm³/mol. The van der Waals surface area contributed by atoms with Crippen molar-refractivity contribution < 1.29 is 27.2 Å². The van der Waals surface area contributed by atoms with Gasteiger partial charge in [-0.05, 0) is 48.9 Å². The fourth-order valence-corrected chi connectivity index (χ4v) is 4.65. The Hall–Kier alpha value is -3.84. The van der Waals surface area contributed by atoms with Gasteiger partial charge in [0.15, 0.2) is 0 Å². The van der Waals surface area contributed by atoms with E-state index in [0.29, 0.717) is 17.7 Å². The molecule has 3 N–H and O–H groups in total. The summed E-state index contributed by atoms with van der Waals surface area (Å²) in [6.45, 7) is 1.90. The van der Waals surface area contributed by atoms with Gasteiger partial charge in [-0.15, -0.1) is 10.2 Å². The minimum Gasteiger partial charge on any atom is -0.457 e. The molecule has 32 heavy (non-hydrogen) atoms.